The highest BCUT2D eigenvalue weighted by molar-refractivity contribution is 5.90. The summed E-state index contributed by atoms with van der Waals surface area (Å²) in [5, 5.41) is 10.4. The molecule has 0 spiro atoms. The summed E-state index contributed by atoms with van der Waals surface area (Å²) in [5.41, 5.74) is 0.0294. The lowest BCUT2D eigenvalue weighted by atomic mass is 9.46. The third-order valence-corrected chi connectivity index (χ3v) is 7.22. The van der Waals surface area contributed by atoms with Crippen LogP contribution in [-0.2, 0) is 9.53 Å². The van der Waals surface area contributed by atoms with Gasteiger partial charge in [0, 0.05) is 11.0 Å². The third-order valence-electron chi connectivity index (χ3n) is 7.22. The number of rotatable bonds is 5. The molecule has 5 atom stereocenters. The zero-order valence-electron chi connectivity index (χ0n) is 16.0. The molecule has 3 nitrogen and oxygen atoms in total. The van der Waals surface area contributed by atoms with Crippen LogP contribution in [-0.4, -0.2) is 23.8 Å². The zero-order valence-corrected chi connectivity index (χ0v) is 16.0. The number of fused-ring (bicyclic) bond motifs is 1. The molecule has 1 saturated carbocycles. The molecule has 0 aliphatic heterocycles. The van der Waals surface area contributed by atoms with Gasteiger partial charge in [-0.3, -0.25) is 0 Å². The highest BCUT2D eigenvalue weighted by Gasteiger charge is 2.55. The van der Waals surface area contributed by atoms with E-state index in [0.29, 0.717) is 18.3 Å². The summed E-state index contributed by atoms with van der Waals surface area (Å²) >= 11 is 0. The summed E-state index contributed by atoms with van der Waals surface area (Å²) in [7, 11) is 1.47. The van der Waals surface area contributed by atoms with Crippen LogP contribution in [0.5, 0.6) is 0 Å². The molecule has 2 rings (SSSR count). The fourth-order valence-electron chi connectivity index (χ4n) is 5.16. The summed E-state index contributed by atoms with van der Waals surface area (Å²) in [6, 6.07) is 0. The van der Waals surface area contributed by atoms with Crippen LogP contribution in [0.3, 0.4) is 0 Å². The Morgan fingerprint density at radius 2 is 2.17 bits per heavy atom. The molecular weight excluding hydrogens is 300 g/mol. The number of allylic oxidation sites excluding steroid dienone is 1. The number of carbonyl (C=O) groups is 1. The van der Waals surface area contributed by atoms with Crippen LogP contribution in [0.15, 0.2) is 24.3 Å². The van der Waals surface area contributed by atoms with Gasteiger partial charge in [0.2, 0.25) is 0 Å². The number of hydrogen-bond donors (Lipinski definition) is 1. The Labute approximate surface area is 147 Å². The predicted octanol–water partition coefficient (Wildman–Crippen LogP) is 4.66. The van der Waals surface area contributed by atoms with E-state index in [-0.39, 0.29) is 16.8 Å². The fraction of sp³-hybridized carbons (Fsp3) is 0.762. The van der Waals surface area contributed by atoms with Gasteiger partial charge in [-0.1, -0.05) is 32.9 Å². The topological polar surface area (TPSA) is 46.5 Å². The maximum atomic E-state index is 12.3. The Morgan fingerprint density at radius 1 is 1.50 bits per heavy atom. The molecule has 0 saturated heterocycles. The van der Waals surface area contributed by atoms with Crippen LogP contribution in [0.4, 0.5) is 0 Å². The Morgan fingerprint density at radius 3 is 2.75 bits per heavy atom. The predicted molar refractivity (Wildman–Crippen MR) is 97.5 cm³/mol. The molecule has 1 N–H and O–H groups in total. The summed E-state index contributed by atoms with van der Waals surface area (Å²) < 4.78 is 5.07. The second-order valence-electron chi connectivity index (χ2n) is 8.66. The number of ether oxygens (including phenoxy) is 1. The first-order chi connectivity index (χ1) is 11.1. The van der Waals surface area contributed by atoms with E-state index in [9.17, 15) is 9.90 Å². The van der Waals surface area contributed by atoms with Crippen molar-refractivity contribution < 1.29 is 14.6 Å². The molecule has 2 aliphatic rings. The molecule has 2 aliphatic carbocycles. The van der Waals surface area contributed by atoms with Crippen LogP contribution < -0.4 is 0 Å². The molecule has 0 aromatic carbocycles. The minimum Gasteiger partial charge on any atom is -0.466 e. The Kier molecular flexibility index (Phi) is 5.34. The maximum Gasteiger partial charge on any atom is 0.333 e. The summed E-state index contributed by atoms with van der Waals surface area (Å²) in [5.74, 6) is 0.846. The van der Waals surface area contributed by atoms with Gasteiger partial charge in [0.25, 0.3) is 0 Å². The van der Waals surface area contributed by atoms with Crippen molar-refractivity contribution in [1.82, 2.24) is 0 Å². The molecule has 0 unspecified atom stereocenters. The van der Waals surface area contributed by atoms with Crippen LogP contribution >= 0.6 is 0 Å². The normalized spacial score (nSPS) is 38.5. The van der Waals surface area contributed by atoms with Gasteiger partial charge in [-0.2, -0.15) is 0 Å². The van der Waals surface area contributed by atoms with E-state index in [0.717, 1.165) is 37.7 Å². The van der Waals surface area contributed by atoms with E-state index in [4.69, 9.17) is 4.74 Å². The van der Waals surface area contributed by atoms with Crippen LogP contribution in [0, 0.1) is 22.7 Å². The molecule has 24 heavy (non-hydrogen) atoms. The first-order valence-electron chi connectivity index (χ1n) is 9.25. The lowest BCUT2D eigenvalue weighted by Gasteiger charge is -2.58. The second kappa shape index (κ2) is 6.67. The molecule has 0 bridgehead atoms. The minimum absolute atomic E-state index is 0.105. The van der Waals surface area contributed by atoms with Gasteiger partial charge in [0.05, 0.1) is 12.7 Å². The van der Waals surface area contributed by atoms with Gasteiger partial charge in [-0.05, 0) is 62.7 Å². The van der Waals surface area contributed by atoms with Crippen molar-refractivity contribution in [1.29, 1.82) is 0 Å². The van der Waals surface area contributed by atoms with E-state index in [1.165, 1.54) is 7.11 Å². The Hall–Kier alpha value is -1.09. The van der Waals surface area contributed by atoms with E-state index >= 15 is 0 Å². The molecule has 0 aromatic rings. The van der Waals surface area contributed by atoms with Crippen molar-refractivity contribution >= 4 is 5.97 Å². The van der Waals surface area contributed by atoms with Crippen molar-refractivity contribution in [3.63, 3.8) is 0 Å². The number of methoxy groups -OCH3 is 1. The van der Waals surface area contributed by atoms with Crippen molar-refractivity contribution in [2.24, 2.45) is 22.7 Å². The molecule has 0 heterocycles. The number of aliphatic hydroxyl groups is 1. The van der Waals surface area contributed by atoms with Crippen LogP contribution in [0.1, 0.15) is 66.2 Å². The molecular formula is C21H34O3. The highest BCUT2D eigenvalue weighted by Crippen LogP contribution is 2.62. The molecule has 0 aromatic heterocycles. The lowest BCUT2D eigenvalue weighted by Crippen LogP contribution is -2.51. The smallest absolute Gasteiger partial charge is 0.333 e. The van der Waals surface area contributed by atoms with Gasteiger partial charge in [0.15, 0.2) is 0 Å². The summed E-state index contributed by atoms with van der Waals surface area (Å²) in [4.78, 5) is 12.3. The van der Waals surface area contributed by atoms with E-state index in [1.807, 2.05) is 6.92 Å². The van der Waals surface area contributed by atoms with E-state index in [2.05, 4.69) is 33.4 Å². The Bertz CT molecular complexity index is 533. The van der Waals surface area contributed by atoms with Crippen molar-refractivity contribution in [3.8, 4) is 0 Å². The van der Waals surface area contributed by atoms with Gasteiger partial charge in [-0.25, -0.2) is 4.79 Å². The minimum atomic E-state index is -0.827. The van der Waals surface area contributed by atoms with E-state index in [1.54, 1.807) is 6.08 Å². The van der Waals surface area contributed by atoms with Crippen molar-refractivity contribution in [2.75, 3.05) is 7.11 Å². The average Bonchev–Trinajstić information content (AvgIpc) is 2.56. The van der Waals surface area contributed by atoms with Gasteiger partial charge in [-0.15, -0.1) is 6.58 Å². The quantitative estimate of drug-likeness (QED) is 0.588. The van der Waals surface area contributed by atoms with Gasteiger partial charge < -0.3 is 9.84 Å². The van der Waals surface area contributed by atoms with Gasteiger partial charge in [0.1, 0.15) is 0 Å². The van der Waals surface area contributed by atoms with E-state index < -0.39 is 5.60 Å². The maximum absolute atomic E-state index is 12.3. The number of carbonyl (C=O) groups excluding carboxylic acids is 1. The third kappa shape index (κ3) is 3.20. The molecule has 0 radical (unpaired) electrons. The lowest BCUT2D eigenvalue weighted by molar-refractivity contribution is -0.140. The zero-order chi connectivity index (χ0) is 18.2. The molecule has 1 fully saturated rings. The SMILES string of the molecule is C=C[C@@](C)(O)CC[C@@]1(C)[C@H](C)CC[C@@]2(C)C(C(=O)OC)=CCC[C@H]12. The van der Waals surface area contributed by atoms with Crippen LogP contribution in [0.2, 0.25) is 0 Å². The molecule has 0 amide bonds. The van der Waals surface area contributed by atoms with Crippen molar-refractivity contribution in [3.05, 3.63) is 24.3 Å². The fourth-order valence-corrected chi connectivity index (χ4v) is 5.16. The Balaban J connectivity index is 2.34. The van der Waals surface area contributed by atoms with Crippen LogP contribution in [0.25, 0.3) is 0 Å². The second-order valence-corrected chi connectivity index (χ2v) is 8.66. The highest BCUT2D eigenvalue weighted by atomic mass is 16.5. The summed E-state index contributed by atoms with van der Waals surface area (Å²) in [6.45, 7) is 12.5. The first kappa shape index (κ1) is 19.2. The van der Waals surface area contributed by atoms with Gasteiger partial charge >= 0.3 is 5.97 Å². The van der Waals surface area contributed by atoms with Crippen molar-refractivity contribution in [2.45, 2.75) is 71.8 Å². The number of hydrogen-bond acceptors (Lipinski definition) is 3. The molecule has 136 valence electrons. The summed E-state index contributed by atoms with van der Waals surface area (Å²) in [6.07, 6.45) is 9.58. The first-order valence-corrected chi connectivity index (χ1v) is 9.25. The largest absolute Gasteiger partial charge is 0.466 e. The average molecular weight is 335 g/mol. The molecule has 3 heteroatoms. The standard InChI is InChI=1S/C21H34O3/c1-7-19(3,23)13-14-20(4)15(2)11-12-21(5)16(18(22)24-6)9-8-10-17(20)21/h7,9,15,17,23H,1,8,10-14H2,2-6H3/t15-,17-,19-,20+,21+/m1/s1. The monoisotopic (exact) mass is 334 g/mol. The number of esters is 1.